The number of benzene rings is 2. The molecule has 0 spiro atoms. The molecule has 2 aromatic rings. The number of ether oxygens (including phenoxy) is 1. The fourth-order valence-electron chi connectivity index (χ4n) is 2.35. The summed E-state index contributed by atoms with van der Waals surface area (Å²) in [5, 5.41) is 3.30. The SMILES string of the molecule is COc1cccc(-c2ccc3c(c2)NCC3)c1F. The lowest BCUT2D eigenvalue weighted by Crippen LogP contribution is -1.93. The average molecular weight is 243 g/mol. The van der Waals surface area contributed by atoms with Crippen LogP contribution in [-0.4, -0.2) is 13.7 Å². The van der Waals surface area contributed by atoms with E-state index in [1.807, 2.05) is 12.1 Å². The van der Waals surface area contributed by atoms with E-state index >= 15 is 0 Å². The van der Waals surface area contributed by atoms with Gasteiger partial charge in [0.2, 0.25) is 0 Å². The number of fused-ring (bicyclic) bond motifs is 1. The Kier molecular flexibility index (Phi) is 2.67. The summed E-state index contributed by atoms with van der Waals surface area (Å²) in [6.07, 6.45) is 1.04. The molecule has 3 heteroatoms. The molecule has 92 valence electrons. The molecule has 0 amide bonds. The average Bonchev–Trinajstić information content (AvgIpc) is 2.86. The fourth-order valence-corrected chi connectivity index (χ4v) is 2.35. The van der Waals surface area contributed by atoms with Crippen LogP contribution in [0.25, 0.3) is 11.1 Å². The smallest absolute Gasteiger partial charge is 0.172 e. The third-order valence-electron chi connectivity index (χ3n) is 3.31. The molecule has 1 aliphatic rings. The van der Waals surface area contributed by atoms with Gasteiger partial charge in [0.05, 0.1) is 7.11 Å². The molecular formula is C15H14FNO. The van der Waals surface area contributed by atoms with Crippen molar-refractivity contribution in [2.75, 3.05) is 19.0 Å². The highest BCUT2D eigenvalue weighted by atomic mass is 19.1. The zero-order valence-electron chi connectivity index (χ0n) is 10.2. The predicted octanol–water partition coefficient (Wildman–Crippen LogP) is 3.47. The number of hydrogen-bond acceptors (Lipinski definition) is 2. The molecule has 1 heterocycles. The van der Waals surface area contributed by atoms with Crippen LogP contribution in [-0.2, 0) is 6.42 Å². The maximum atomic E-state index is 14.2. The summed E-state index contributed by atoms with van der Waals surface area (Å²) in [7, 11) is 1.48. The molecule has 18 heavy (non-hydrogen) atoms. The molecule has 1 aliphatic heterocycles. The van der Waals surface area contributed by atoms with Crippen molar-refractivity contribution in [3.05, 3.63) is 47.8 Å². The first-order valence-corrected chi connectivity index (χ1v) is 5.99. The summed E-state index contributed by atoms with van der Waals surface area (Å²) in [5.74, 6) is -0.0288. The van der Waals surface area contributed by atoms with Gasteiger partial charge in [-0.15, -0.1) is 0 Å². The Hall–Kier alpha value is -2.03. The lowest BCUT2D eigenvalue weighted by atomic mass is 10.0. The van der Waals surface area contributed by atoms with Crippen LogP contribution < -0.4 is 10.1 Å². The van der Waals surface area contributed by atoms with Crippen LogP contribution in [0.3, 0.4) is 0 Å². The van der Waals surface area contributed by atoms with Gasteiger partial charge in [0.1, 0.15) is 0 Å². The topological polar surface area (TPSA) is 21.3 Å². The van der Waals surface area contributed by atoms with Crippen molar-refractivity contribution < 1.29 is 9.13 Å². The molecule has 0 saturated heterocycles. The minimum atomic E-state index is -0.307. The van der Waals surface area contributed by atoms with E-state index in [1.54, 1.807) is 18.2 Å². The number of rotatable bonds is 2. The fraction of sp³-hybridized carbons (Fsp3) is 0.200. The second kappa shape index (κ2) is 4.33. The molecule has 0 bridgehead atoms. The van der Waals surface area contributed by atoms with Crippen molar-refractivity contribution >= 4 is 5.69 Å². The predicted molar refractivity (Wildman–Crippen MR) is 70.6 cm³/mol. The molecule has 0 saturated carbocycles. The Balaban J connectivity index is 2.10. The van der Waals surface area contributed by atoms with Crippen LogP contribution in [0, 0.1) is 5.82 Å². The Morgan fingerprint density at radius 1 is 1.22 bits per heavy atom. The van der Waals surface area contributed by atoms with Crippen molar-refractivity contribution in [1.82, 2.24) is 0 Å². The van der Waals surface area contributed by atoms with E-state index in [-0.39, 0.29) is 11.6 Å². The van der Waals surface area contributed by atoms with Crippen molar-refractivity contribution in [1.29, 1.82) is 0 Å². The van der Waals surface area contributed by atoms with Crippen molar-refractivity contribution in [2.45, 2.75) is 6.42 Å². The molecule has 2 nitrogen and oxygen atoms in total. The molecule has 3 rings (SSSR count). The second-order valence-corrected chi connectivity index (χ2v) is 4.37. The van der Waals surface area contributed by atoms with E-state index < -0.39 is 0 Å². The van der Waals surface area contributed by atoms with Gasteiger partial charge >= 0.3 is 0 Å². The summed E-state index contributed by atoms with van der Waals surface area (Å²) >= 11 is 0. The van der Waals surface area contributed by atoms with Gasteiger partial charge in [-0.2, -0.15) is 0 Å². The third kappa shape index (κ3) is 1.72. The lowest BCUT2D eigenvalue weighted by molar-refractivity contribution is 0.387. The zero-order chi connectivity index (χ0) is 12.5. The normalized spacial score (nSPS) is 13.0. The molecular weight excluding hydrogens is 229 g/mol. The van der Waals surface area contributed by atoms with Crippen LogP contribution in [0.4, 0.5) is 10.1 Å². The lowest BCUT2D eigenvalue weighted by Gasteiger charge is -2.09. The van der Waals surface area contributed by atoms with Crippen molar-refractivity contribution in [3.63, 3.8) is 0 Å². The van der Waals surface area contributed by atoms with E-state index in [1.165, 1.54) is 12.7 Å². The summed E-state index contributed by atoms with van der Waals surface area (Å²) in [4.78, 5) is 0. The van der Waals surface area contributed by atoms with Gasteiger partial charge in [0.25, 0.3) is 0 Å². The Labute approximate surface area is 105 Å². The summed E-state index contributed by atoms with van der Waals surface area (Å²) < 4.78 is 19.2. The highest BCUT2D eigenvalue weighted by molar-refractivity contribution is 5.72. The van der Waals surface area contributed by atoms with E-state index in [0.717, 1.165) is 24.2 Å². The Bertz CT molecular complexity index is 595. The summed E-state index contributed by atoms with van der Waals surface area (Å²) in [6, 6.07) is 11.2. The minimum Gasteiger partial charge on any atom is -0.494 e. The van der Waals surface area contributed by atoms with E-state index in [0.29, 0.717) is 5.56 Å². The maximum Gasteiger partial charge on any atom is 0.172 e. The van der Waals surface area contributed by atoms with Crippen LogP contribution in [0.2, 0.25) is 0 Å². The highest BCUT2D eigenvalue weighted by Crippen LogP contribution is 2.33. The molecule has 0 fully saturated rings. The van der Waals surface area contributed by atoms with Crippen LogP contribution in [0.15, 0.2) is 36.4 Å². The molecule has 0 unspecified atom stereocenters. The van der Waals surface area contributed by atoms with E-state index in [2.05, 4.69) is 11.4 Å². The third-order valence-corrected chi connectivity index (χ3v) is 3.31. The van der Waals surface area contributed by atoms with E-state index in [4.69, 9.17) is 4.74 Å². The van der Waals surface area contributed by atoms with Gasteiger partial charge in [0, 0.05) is 17.8 Å². The Morgan fingerprint density at radius 2 is 2.11 bits per heavy atom. The van der Waals surface area contributed by atoms with Gasteiger partial charge in [-0.3, -0.25) is 0 Å². The molecule has 2 aromatic carbocycles. The molecule has 0 aromatic heterocycles. The first-order chi connectivity index (χ1) is 8.79. The van der Waals surface area contributed by atoms with Crippen LogP contribution in [0.1, 0.15) is 5.56 Å². The summed E-state index contributed by atoms with van der Waals surface area (Å²) in [6.45, 7) is 0.958. The number of hydrogen-bond donors (Lipinski definition) is 1. The Morgan fingerprint density at radius 3 is 2.94 bits per heavy atom. The van der Waals surface area contributed by atoms with Crippen molar-refractivity contribution in [3.8, 4) is 16.9 Å². The largest absolute Gasteiger partial charge is 0.494 e. The molecule has 0 atom stereocenters. The molecule has 0 aliphatic carbocycles. The zero-order valence-corrected chi connectivity index (χ0v) is 10.2. The maximum absolute atomic E-state index is 14.2. The molecule has 1 N–H and O–H groups in total. The number of nitrogens with one attached hydrogen (secondary N) is 1. The molecule has 0 radical (unpaired) electrons. The number of halogens is 1. The first kappa shape index (κ1) is 11.1. The number of methoxy groups -OCH3 is 1. The van der Waals surface area contributed by atoms with Crippen LogP contribution in [0.5, 0.6) is 5.75 Å². The van der Waals surface area contributed by atoms with Gasteiger partial charge in [-0.05, 0) is 29.7 Å². The van der Waals surface area contributed by atoms with Gasteiger partial charge in [-0.1, -0.05) is 24.3 Å². The standard InChI is InChI=1S/C15H14FNO/c1-18-14-4-2-3-12(15(14)16)11-6-5-10-7-8-17-13(10)9-11/h2-6,9,17H,7-8H2,1H3. The minimum absolute atomic E-state index is 0.279. The van der Waals surface area contributed by atoms with Gasteiger partial charge in [0.15, 0.2) is 11.6 Å². The first-order valence-electron chi connectivity index (χ1n) is 5.99. The highest BCUT2D eigenvalue weighted by Gasteiger charge is 2.14. The quantitative estimate of drug-likeness (QED) is 0.872. The monoisotopic (exact) mass is 243 g/mol. The van der Waals surface area contributed by atoms with Gasteiger partial charge in [-0.25, -0.2) is 4.39 Å². The number of anilines is 1. The van der Waals surface area contributed by atoms with Crippen molar-refractivity contribution in [2.24, 2.45) is 0 Å². The van der Waals surface area contributed by atoms with Gasteiger partial charge < -0.3 is 10.1 Å². The van der Waals surface area contributed by atoms with Crippen LogP contribution >= 0.6 is 0 Å². The second-order valence-electron chi connectivity index (χ2n) is 4.37. The van der Waals surface area contributed by atoms with E-state index in [9.17, 15) is 4.39 Å². The summed E-state index contributed by atoms with van der Waals surface area (Å²) in [5.41, 5.74) is 3.85.